The predicted molar refractivity (Wildman–Crippen MR) is 144 cm³/mol. The Morgan fingerprint density at radius 1 is 0.950 bits per heavy atom. The Balaban J connectivity index is 1.54. The number of halogens is 3. The Morgan fingerprint density at radius 2 is 1.75 bits per heavy atom. The van der Waals surface area contributed by atoms with E-state index >= 15 is 4.39 Å². The molecule has 40 heavy (non-hydrogen) atoms. The van der Waals surface area contributed by atoms with Gasteiger partial charge in [-0.3, -0.25) is 24.6 Å². The average Bonchev–Trinajstić information content (AvgIpc) is 3.43. The molecule has 5 heterocycles. The first-order valence-electron chi connectivity index (χ1n) is 12.9. The summed E-state index contributed by atoms with van der Waals surface area (Å²) in [7, 11) is 0. The van der Waals surface area contributed by atoms with Crippen LogP contribution in [0.15, 0.2) is 53.8 Å². The highest BCUT2D eigenvalue weighted by Crippen LogP contribution is 2.39. The Labute approximate surface area is 228 Å². The van der Waals surface area contributed by atoms with E-state index in [1.54, 1.807) is 27.8 Å². The molecule has 1 amide bonds. The first-order chi connectivity index (χ1) is 19.1. The molecule has 0 bridgehead atoms. The lowest BCUT2D eigenvalue weighted by Crippen LogP contribution is -2.51. The quantitative estimate of drug-likeness (QED) is 0.344. The second kappa shape index (κ2) is 9.29. The molecule has 0 radical (unpaired) electrons. The summed E-state index contributed by atoms with van der Waals surface area (Å²) >= 11 is 0. The molecule has 0 atom stereocenters. The molecular formula is C29H26F3N7O. The predicted octanol–water partition coefficient (Wildman–Crippen LogP) is 5.21. The number of hydrogen-bond donors (Lipinski definition) is 0. The first-order valence-corrected chi connectivity index (χ1v) is 12.9. The summed E-state index contributed by atoms with van der Waals surface area (Å²) in [4.78, 5) is 35.1. The number of amides is 1. The van der Waals surface area contributed by atoms with E-state index in [1.165, 1.54) is 18.3 Å². The fraction of sp³-hybridized carbons (Fsp3) is 0.276. The number of imidazole rings is 1. The molecule has 0 aliphatic carbocycles. The number of aromatic nitrogens is 4. The van der Waals surface area contributed by atoms with Crippen molar-refractivity contribution in [2.24, 2.45) is 4.99 Å². The van der Waals surface area contributed by atoms with Crippen LogP contribution in [0.5, 0.6) is 0 Å². The summed E-state index contributed by atoms with van der Waals surface area (Å²) < 4.78 is 45.1. The standard InChI is InChI=1S/C29H26F3N7O/c1-5-37-27(40)24-26(39-15-29(3,4)36-28(37)39)38(14-17-6-7-20(30)21(31)11-17)25(35-24)19-12-22(32)23(34-13-19)18-8-9-33-16(2)10-18/h6-13H,5,14-15H2,1-4H3. The van der Waals surface area contributed by atoms with Crippen LogP contribution in [-0.4, -0.2) is 54.9 Å². The summed E-state index contributed by atoms with van der Waals surface area (Å²) in [5.41, 5.74) is 1.92. The van der Waals surface area contributed by atoms with Gasteiger partial charge in [-0.2, -0.15) is 0 Å². The number of rotatable bonds is 5. The number of hydrogen-bond acceptors (Lipinski definition) is 6. The third-order valence-corrected chi connectivity index (χ3v) is 6.99. The molecule has 3 aromatic heterocycles. The zero-order chi connectivity index (χ0) is 28.3. The first kappa shape index (κ1) is 25.7. The minimum absolute atomic E-state index is 0.0470. The van der Waals surface area contributed by atoms with Crippen LogP contribution in [0.3, 0.4) is 0 Å². The largest absolute Gasteiger partial charge is 0.305 e. The van der Waals surface area contributed by atoms with Gasteiger partial charge in [0.05, 0.1) is 18.6 Å². The zero-order valence-electron chi connectivity index (χ0n) is 22.4. The maximum atomic E-state index is 15.5. The Morgan fingerprint density at radius 3 is 2.45 bits per heavy atom. The highest BCUT2D eigenvalue weighted by Gasteiger charge is 2.45. The van der Waals surface area contributed by atoms with E-state index in [1.807, 2.05) is 32.6 Å². The SMILES string of the molecule is CCN1C(=O)c2nc(-c3cnc(-c4ccnc(C)c4)c(F)c3)n(Cc3ccc(F)c(F)c3)c2N2CC(C)(C)N=C12. The second-order valence-electron chi connectivity index (χ2n) is 10.5. The number of anilines is 1. The van der Waals surface area contributed by atoms with Crippen LogP contribution in [0.25, 0.3) is 22.6 Å². The average molecular weight is 546 g/mol. The lowest BCUT2D eigenvalue weighted by Gasteiger charge is -2.34. The lowest BCUT2D eigenvalue weighted by atomic mass is 10.1. The normalized spacial score (nSPS) is 15.8. The maximum Gasteiger partial charge on any atom is 0.283 e. The van der Waals surface area contributed by atoms with E-state index in [0.717, 1.165) is 17.8 Å². The van der Waals surface area contributed by atoms with Gasteiger partial charge in [-0.25, -0.2) is 23.1 Å². The van der Waals surface area contributed by atoms with Crippen molar-refractivity contribution in [1.82, 2.24) is 24.4 Å². The van der Waals surface area contributed by atoms with Crippen molar-refractivity contribution < 1.29 is 18.0 Å². The van der Waals surface area contributed by atoms with Crippen molar-refractivity contribution in [2.45, 2.75) is 39.8 Å². The molecular weight excluding hydrogens is 519 g/mol. The Hall–Kier alpha value is -4.54. The minimum Gasteiger partial charge on any atom is -0.305 e. The second-order valence-corrected chi connectivity index (χ2v) is 10.5. The molecule has 4 aromatic rings. The third-order valence-electron chi connectivity index (χ3n) is 6.99. The third kappa shape index (κ3) is 4.21. The van der Waals surface area contributed by atoms with Crippen molar-refractivity contribution in [3.8, 4) is 22.6 Å². The van der Waals surface area contributed by atoms with Crippen LogP contribution in [0.1, 0.15) is 42.5 Å². The summed E-state index contributed by atoms with van der Waals surface area (Å²) in [5, 5.41) is 0. The van der Waals surface area contributed by atoms with E-state index in [0.29, 0.717) is 41.6 Å². The monoisotopic (exact) mass is 545 g/mol. The molecule has 11 heteroatoms. The Kier molecular flexibility index (Phi) is 5.97. The van der Waals surface area contributed by atoms with Gasteiger partial charge >= 0.3 is 0 Å². The highest BCUT2D eigenvalue weighted by molar-refractivity contribution is 6.18. The van der Waals surface area contributed by atoms with Gasteiger partial charge in [0, 0.05) is 35.8 Å². The van der Waals surface area contributed by atoms with E-state index in [4.69, 9.17) is 9.98 Å². The van der Waals surface area contributed by atoms with Crippen molar-refractivity contribution in [3.05, 3.63) is 83.2 Å². The number of nitrogens with zero attached hydrogens (tertiary/aromatic N) is 7. The van der Waals surface area contributed by atoms with Crippen molar-refractivity contribution in [3.63, 3.8) is 0 Å². The molecule has 0 N–H and O–H groups in total. The molecule has 0 saturated carbocycles. The van der Waals surface area contributed by atoms with Gasteiger partial charge in [-0.05, 0) is 63.6 Å². The summed E-state index contributed by atoms with van der Waals surface area (Å²) in [5.74, 6) is -1.63. The molecule has 2 aliphatic heterocycles. The minimum atomic E-state index is -0.990. The van der Waals surface area contributed by atoms with Gasteiger partial charge in [0.1, 0.15) is 23.2 Å². The number of guanidine groups is 1. The number of aliphatic imine (C=N–C) groups is 1. The van der Waals surface area contributed by atoms with E-state index < -0.39 is 23.0 Å². The molecule has 204 valence electrons. The molecule has 0 saturated heterocycles. The summed E-state index contributed by atoms with van der Waals surface area (Å²) in [6.45, 7) is 8.49. The number of pyridine rings is 2. The van der Waals surface area contributed by atoms with Crippen molar-refractivity contribution in [2.75, 3.05) is 18.0 Å². The molecule has 6 rings (SSSR count). The van der Waals surface area contributed by atoms with Gasteiger partial charge in [0.15, 0.2) is 17.3 Å². The van der Waals surface area contributed by atoms with Gasteiger partial charge < -0.3 is 4.57 Å². The molecule has 0 spiro atoms. The lowest BCUT2D eigenvalue weighted by molar-refractivity contribution is 0.0841. The number of benzene rings is 1. The fourth-order valence-electron chi connectivity index (χ4n) is 5.22. The smallest absolute Gasteiger partial charge is 0.283 e. The van der Waals surface area contributed by atoms with Crippen LogP contribution < -0.4 is 4.90 Å². The molecule has 1 aromatic carbocycles. The van der Waals surface area contributed by atoms with Crippen LogP contribution in [0, 0.1) is 24.4 Å². The molecule has 2 aliphatic rings. The summed E-state index contributed by atoms with van der Waals surface area (Å²) in [6.07, 6.45) is 3.08. The Bertz CT molecular complexity index is 1710. The van der Waals surface area contributed by atoms with E-state index in [9.17, 15) is 13.6 Å². The molecule has 8 nitrogen and oxygen atoms in total. The number of aryl methyl sites for hydroxylation is 1. The van der Waals surface area contributed by atoms with Crippen LogP contribution in [-0.2, 0) is 6.54 Å². The van der Waals surface area contributed by atoms with Gasteiger partial charge in [-0.15, -0.1) is 0 Å². The number of carbonyl (C=O) groups is 1. The van der Waals surface area contributed by atoms with Crippen LogP contribution in [0.2, 0.25) is 0 Å². The van der Waals surface area contributed by atoms with E-state index in [-0.39, 0.29) is 29.7 Å². The van der Waals surface area contributed by atoms with Crippen LogP contribution in [0.4, 0.5) is 19.0 Å². The maximum absolute atomic E-state index is 15.5. The fourth-order valence-corrected chi connectivity index (χ4v) is 5.22. The number of carbonyl (C=O) groups excluding carboxylic acids is 1. The highest BCUT2D eigenvalue weighted by atomic mass is 19.2. The van der Waals surface area contributed by atoms with Crippen molar-refractivity contribution >= 4 is 17.7 Å². The van der Waals surface area contributed by atoms with E-state index in [2.05, 4.69) is 9.97 Å². The number of fused-ring (bicyclic) bond motifs is 3. The molecule has 0 fully saturated rings. The topological polar surface area (TPSA) is 79.5 Å². The molecule has 0 unspecified atom stereocenters. The summed E-state index contributed by atoms with van der Waals surface area (Å²) in [6, 6.07) is 8.35. The van der Waals surface area contributed by atoms with Crippen LogP contribution >= 0.6 is 0 Å². The van der Waals surface area contributed by atoms with Crippen molar-refractivity contribution in [1.29, 1.82) is 0 Å². The van der Waals surface area contributed by atoms with Gasteiger partial charge in [0.25, 0.3) is 5.91 Å². The zero-order valence-corrected chi connectivity index (χ0v) is 22.4. The van der Waals surface area contributed by atoms with Gasteiger partial charge in [-0.1, -0.05) is 6.07 Å². The van der Waals surface area contributed by atoms with Gasteiger partial charge in [0.2, 0.25) is 5.96 Å².